The zero-order chi connectivity index (χ0) is 16.1. The highest BCUT2D eigenvalue weighted by Crippen LogP contribution is 2.21. The van der Waals surface area contributed by atoms with Gasteiger partial charge in [0.1, 0.15) is 5.82 Å². The van der Waals surface area contributed by atoms with Crippen LogP contribution in [0, 0.1) is 0 Å². The molecule has 0 aliphatic rings. The lowest BCUT2D eigenvalue weighted by Gasteiger charge is -2.19. The second-order valence-electron chi connectivity index (χ2n) is 5.68. The van der Waals surface area contributed by atoms with Gasteiger partial charge in [-0.15, -0.1) is 0 Å². The molecule has 3 rings (SSSR count). The standard InChI is InChI=1S/C20H21N3/c1-23(15-16-8-4-2-5-9-16)19-13-12-18(14-22-19)20(21)17-10-6-3-7-11-17/h2-14,20H,15,21H2,1H3. The molecule has 116 valence electrons. The van der Waals surface area contributed by atoms with Gasteiger partial charge in [-0.05, 0) is 22.8 Å². The zero-order valence-corrected chi connectivity index (χ0v) is 13.3. The first-order valence-corrected chi connectivity index (χ1v) is 7.75. The van der Waals surface area contributed by atoms with Crippen LogP contribution in [-0.2, 0) is 6.54 Å². The fourth-order valence-electron chi connectivity index (χ4n) is 2.60. The highest BCUT2D eigenvalue weighted by atomic mass is 15.2. The zero-order valence-electron chi connectivity index (χ0n) is 13.3. The van der Waals surface area contributed by atoms with Crippen molar-refractivity contribution in [1.29, 1.82) is 0 Å². The van der Waals surface area contributed by atoms with E-state index >= 15 is 0 Å². The molecule has 3 aromatic rings. The average Bonchev–Trinajstić information content (AvgIpc) is 2.63. The van der Waals surface area contributed by atoms with Crippen molar-refractivity contribution in [1.82, 2.24) is 4.98 Å². The molecule has 0 aliphatic heterocycles. The molecule has 0 bridgehead atoms. The monoisotopic (exact) mass is 303 g/mol. The third-order valence-electron chi connectivity index (χ3n) is 3.94. The van der Waals surface area contributed by atoms with Gasteiger partial charge in [-0.3, -0.25) is 0 Å². The van der Waals surface area contributed by atoms with Crippen LogP contribution in [-0.4, -0.2) is 12.0 Å². The van der Waals surface area contributed by atoms with Gasteiger partial charge in [-0.2, -0.15) is 0 Å². The normalized spacial score (nSPS) is 11.9. The van der Waals surface area contributed by atoms with Crippen molar-refractivity contribution in [2.75, 3.05) is 11.9 Å². The summed E-state index contributed by atoms with van der Waals surface area (Å²) in [4.78, 5) is 6.70. The van der Waals surface area contributed by atoms with Crippen molar-refractivity contribution in [2.45, 2.75) is 12.6 Å². The minimum absolute atomic E-state index is 0.142. The smallest absolute Gasteiger partial charge is 0.128 e. The molecule has 0 amide bonds. The molecule has 0 aliphatic carbocycles. The largest absolute Gasteiger partial charge is 0.355 e. The van der Waals surface area contributed by atoms with Crippen molar-refractivity contribution in [2.24, 2.45) is 5.73 Å². The maximum absolute atomic E-state index is 6.31. The van der Waals surface area contributed by atoms with Crippen molar-refractivity contribution in [3.05, 3.63) is 95.7 Å². The van der Waals surface area contributed by atoms with Gasteiger partial charge >= 0.3 is 0 Å². The van der Waals surface area contributed by atoms with Crippen LogP contribution < -0.4 is 10.6 Å². The Morgan fingerprint density at radius 3 is 2.13 bits per heavy atom. The summed E-state index contributed by atoms with van der Waals surface area (Å²) in [7, 11) is 2.05. The Morgan fingerprint density at radius 2 is 1.52 bits per heavy atom. The summed E-state index contributed by atoms with van der Waals surface area (Å²) >= 11 is 0. The van der Waals surface area contributed by atoms with Crippen LogP contribution in [0.2, 0.25) is 0 Å². The fraction of sp³-hybridized carbons (Fsp3) is 0.150. The van der Waals surface area contributed by atoms with Crippen LogP contribution in [0.15, 0.2) is 79.0 Å². The van der Waals surface area contributed by atoms with Crippen LogP contribution >= 0.6 is 0 Å². The van der Waals surface area contributed by atoms with E-state index < -0.39 is 0 Å². The predicted octanol–water partition coefficient (Wildman–Crippen LogP) is 3.77. The first kappa shape index (κ1) is 15.3. The lowest BCUT2D eigenvalue weighted by Crippen LogP contribution is -2.18. The summed E-state index contributed by atoms with van der Waals surface area (Å²) in [6.07, 6.45) is 1.87. The van der Waals surface area contributed by atoms with E-state index in [1.54, 1.807) is 0 Å². The second-order valence-corrected chi connectivity index (χ2v) is 5.68. The van der Waals surface area contributed by atoms with E-state index in [1.165, 1.54) is 5.56 Å². The van der Waals surface area contributed by atoms with Gasteiger partial charge in [0.05, 0.1) is 6.04 Å². The van der Waals surface area contributed by atoms with Crippen LogP contribution in [0.1, 0.15) is 22.7 Å². The number of nitrogens with zero attached hydrogens (tertiary/aromatic N) is 2. The number of rotatable bonds is 5. The summed E-state index contributed by atoms with van der Waals surface area (Å²) in [5, 5.41) is 0. The topological polar surface area (TPSA) is 42.1 Å². The molecule has 1 aromatic heterocycles. The molecule has 0 fully saturated rings. The number of anilines is 1. The maximum atomic E-state index is 6.31. The Labute approximate surface area is 137 Å². The predicted molar refractivity (Wildman–Crippen MR) is 95.3 cm³/mol. The number of hydrogen-bond acceptors (Lipinski definition) is 3. The Hall–Kier alpha value is -2.65. The van der Waals surface area contributed by atoms with E-state index in [9.17, 15) is 0 Å². The highest BCUT2D eigenvalue weighted by molar-refractivity contribution is 5.41. The third kappa shape index (κ3) is 3.76. The van der Waals surface area contributed by atoms with Gasteiger partial charge in [0.25, 0.3) is 0 Å². The molecule has 1 heterocycles. The summed E-state index contributed by atoms with van der Waals surface area (Å²) in [5.74, 6) is 0.942. The van der Waals surface area contributed by atoms with Gasteiger partial charge in [0.2, 0.25) is 0 Å². The van der Waals surface area contributed by atoms with E-state index in [0.717, 1.165) is 23.5 Å². The third-order valence-corrected chi connectivity index (χ3v) is 3.94. The van der Waals surface area contributed by atoms with E-state index in [-0.39, 0.29) is 6.04 Å². The molecule has 3 heteroatoms. The lowest BCUT2D eigenvalue weighted by molar-refractivity contribution is 0.851. The van der Waals surface area contributed by atoms with E-state index in [4.69, 9.17) is 5.73 Å². The summed E-state index contributed by atoms with van der Waals surface area (Å²) in [6, 6.07) is 24.4. The first-order chi connectivity index (χ1) is 11.2. The van der Waals surface area contributed by atoms with E-state index in [2.05, 4.69) is 40.2 Å². The van der Waals surface area contributed by atoms with E-state index in [1.807, 2.05) is 55.7 Å². The molecule has 2 N–H and O–H groups in total. The summed E-state index contributed by atoms with van der Waals surface area (Å²) < 4.78 is 0. The number of benzene rings is 2. The molecule has 0 spiro atoms. The SMILES string of the molecule is CN(Cc1ccccc1)c1ccc(C(N)c2ccccc2)cn1. The van der Waals surface area contributed by atoms with Crippen LogP contribution in [0.5, 0.6) is 0 Å². The Balaban J connectivity index is 1.72. The molecular formula is C20H21N3. The maximum Gasteiger partial charge on any atom is 0.128 e. The van der Waals surface area contributed by atoms with Crippen LogP contribution in [0.4, 0.5) is 5.82 Å². The number of nitrogens with two attached hydrogens (primary N) is 1. The molecule has 0 saturated carbocycles. The minimum Gasteiger partial charge on any atom is -0.355 e. The van der Waals surface area contributed by atoms with Crippen molar-refractivity contribution in [3.8, 4) is 0 Å². The molecule has 0 radical (unpaired) electrons. The van der Waals surface area contributed by atoms with Crippen molar-refractivity contribution in [3.63, 3.8) is 0 Å². The molecule has 3 nitrogen and oxygen atoms in total. The summed E-state index contributed by atoms with van der Waals surface area (Å²) in [6.45, 7) is 0.831. The minimum atomic E-state index is -0.142. The second kappa shape index (κ2) is 7.07. The number of aromatic nitrogens is 1. The molecule has 23 heavy (non-hydrogen) atoms. The van der Waals surface area contributed by atoms with Crippen molar-refractivity contribution >= 4 is 5.82 Å². The van der Waals surface area contributed by atoms with Crippen LogP contribution in [0.3, 0.4) is 0 Å². The van der Waals surface area contributed by atoms with Crippen molar-refractivity contribution < 1.29 is 0 Å². The molecule has 0 saturated heterocycles. The Bertz CT molecular complexity index is 724. The number of hydrogen-bond donors (Lipinski definition) is 1. The Morgan fingerprint density at radius 1 is 0.870 bits per heavy atom. The Kier molecular flexibility index (Phi) is 4.69. The summed E-state index contributed by atoms with van der Waals surface area (Å²) in [5.41, 5.74) is 9.70. The highest BCUT2D eigenvalue weighted by Gasteiger charge is 2.10. The first-order valence-electron chi connectivity index (χ1n) is 7.75. The van der Waals surface area contributed by atoms with Gasteiger partial charge < -0.3 is 10.6 Å². The average molecular weight is 303 g/mol. The van der Waals surface area contributed by atoms with Gasteiger partial charge in [0.15, 0.2) is 0 Å². The quantitative estimate of drug-likeness (QED) is 0.780. The number of pyridine rings is 1. The van der Waals surface area contributed by atoms with E-state index in [0.29, 0.717) is 0 Å². The van der Waals surface area contributed by atoms with Crippen LogP contribution in [0.25, 0.3) is 0 Å². The molecule has 1 atom stereocenters. The molecule has 2 aromatic carbocycles. The van der Waals surface area contributed by atoms with Gasteiger partial charge in [-0.1, -0.05) is 66.7 Å². The van der Waals surface area contributed by atoms with Gasteiger partial charge in [-0.25, -0.2) is 4.98 Å². The van der Waals surface area contributed by atoms with Gasteiger partial charge in [0, 0.05) is 19.8 Å². The molecular weight excluding hydrogens is 282 g/mol. The fourth-order valence-corrected chi connectivity index (χ4v) is 2.60. The molecule has 1 unspecified atom stereocenters. The lowest BCUT2D eigenvalue weighted by atomic mass is 10.0.